The van der Waals surface area contributed by atoms with Gasteiger partial charge in [-0.1, -0.05) is 31.9 Å². The third-order valence-electron chi connectivity index (χ3n) is 3.67. The molecular formula is C18H25FN2O4. The summed E-state index contributed by atoms with van der Waals surface area (Å²) in [6.07, 6.45) is 2.17. The second kappa shape index (κ2) is 10.4. The van der Waals surface area contributed by atoms with E-state index in [1.807, 2.05) is 6.92 Å². The molecular weight excluding hydrogens is 327 g/mol. The molecule has 25 heavy (non-hydrogen) atoms. The third kappa shape index (κ3) is 7.32. The second-order valence-electron chi connectivity index (χ2n) is 5.81. The predicted octanol–water partition coefficient (Wildman–Crippen LogP) is 1.72. The van der Waals surface area contributed by atoms with Crippen LogP contribution >= 0.6 is 0 Å². The van der Waals surface area contributed by atoms with E-state index in [-0.39, 0.29) is 12.3 Å². The monoisotopic (exact) mass is 352 g/mol. The van der Waals surface area contributed by atoms with Gasteiger partial charge in [-0.2, -0.15) is 0 Å². The summed E-state index contributed by atoms with van der Waals surface area (Å²) in [5.41, 5.74) is 0.567. The van der Waals surface area contributed by atoms with Crippen LogP contribution in [0.4, 0.5) is 4.39 Å². The zero-order valence-electron chi connectivity index (χ0n) is 14.8. The van der Waals surface area contributed by atoms with E-state index in [0.717, 1.165) is 12.8 Å². The van der Waals surface area contributed by atoms with Crippen molar-refractivity contribution < 1.29 is 23.5 Å². The molecule has 1 aromatic carbocycles. The minimum absolute atomic E-state index is 0.116. The van der Waals surface area contributed by atoms with Crippen LogP contribution in [0.1, 0.15) is 38.7 Å². The molecule has 2 N–H and O–H groups in total. The molecule has 6 nitrogen and oxygen atoms in total. The average molecular weight is 352 g/mol. The number of ether oxygens (including phenoxy) is 1. The summed E-state index contributed by atoms with van der Waals surface area (Å²) in [4.78, 5) is 35.8. The van der Waals surface area contributed by atoms with Crippen LogP contribution < -0.4 is 10.6 Å². The Bertz CT molecular complexity index is 606. The molecule has 2 atom stereocenters. The van der Waals surface area contributed by atoms with E-state index in [4.69, 9.17) is 4.74 Å². The lowest BCUT2D eigenvalue weighted by molar-refractivity contribution is -0.145. The minimum atomic E-state index is -0.909. The number of esters is 1. The summed E-state index contributed by atoms with van der Waals surface area (Å²) in [5, 5.41) is 5.16. The van der Waals surface area contributed by atoms with Crippen LogP contribution in [0.15, 0.2) is 24.3 Å². The topological polar surface area (TPSA) is 84.5 Å². The maximum atomic E-state index is 13.3. The van der Waals surface area contributed by atoms with Crippen LogP contribution in [0.25, 0.3) is 0 Å². The fraction of sp³-hybridized carbons (Fsp3) is 0.500. The van der Waals surface area contributed by atoms with Gasteiger partial charge in [0.15, 0.2) is 0 Å². The molecule has 0 radical (unpaired) electrons. The summed E-state index contributed by atoms with van der Waals surface area (Å²) in [6.45, 7) is 3.26. The molecule has 1 rings (SSSR count). The number of methoxy groups -OCH3 is 1. The molecule has 0 saturated heterocycles. The SMILES string of the molecule is CCCC[C@H](NC(=O)[C@H](Cc1cccc(F)c1)NC(C)=O)C(=O)OC. The van der Waals surface area contributed by atoms with E-state index in [9.17, 15) is 18.8 Å². The van der Waals surface area contributed by atoms with Gasteiger partial charge in [0.2, 0.25) is 11.8 Å². The Morgan fingerprint density at radius 2 is 1.92 bits per heavy atom. The standard InChI is InChI=1S/C18H25FN2O4/c1-4-5-9-15(18(24)25-3)21-17(23)16(20-12(2)22)11-13-7-6-8-14(19)10-13/h6-8,10,15-16H,4-5,9,11H2,1-3H3,(H,20,22)(H,21,23)/t15-,16-/m0/s1. The Hall–Kier alpha value is -2.44. The second-order valence-corrected chi connectivity index (χ2v) is 5.81. The van der Waals surface area contributed by atoms with Crippen molar-refractivity contribution in [1.82, 2.24) is 10.6 Å². The molecule has 0 fully saturated rings. The normalized spacial score (nSPS) is 12.8. The number of carbonyl (C=O) groups is 3. The molecule has 0 unspecified atom stereocenters. The van der Waals surface area contributed by atoms with Gasteiger partial charge in [-0.25, -0.2) is 9.18 Å². The number of rotatable bonds is 9. The van der Waals surface area contributed by atoms with Gasteiger partial charge >= 0.3 is 5.97 Å². The van der Waals surface area contributed by atoms with Crippen molar-refractivity contribution in [1.29, 1.82) is 0 Å². The Kier molecular flexibility index (Phi) is 8.60. The molecule has 0 aromatic heterocycles. The summed E-state index contributed by atoms with van der Waals surface area (Å²) >= 11 is 0. The Morgan fingerprint density at radius 3 is 2.48 bits per heavy atom. The number of hydrogen-bond donors (Lipinski definition) is 2. The molecule has 0 saturated carbocycles. The highest BCUT2D eigenvalue weighted by Crippen LogP contribution is 2.08. The third-order valence-corrected chi connectivity index (χ3v) is 3.67. The predicted molar refractivity (Wildman–Crippen MR) is 91.2 cm³/mol. The van der Waals surface area contributed by atoms with Crippen LogP contribution in [-0.4, -0.2) is 37.0 Å². The van der Waals surface area contributed by atoms with Gasteiger partial charge in [-0.15, -0.1) is 0 Å². The average Bonchev–Trinajstić information content (AvgIpc) is 2.56. The molecule has 1 aromatic rings. The fourth-order valence-corrected chi connectivity index (χ4v) is 2.43. The molecule has 0 bridgehead atoms. The molecule has 0 aliphatic carbocycles. The first-order valence-corrected chi connectivity index (χ1v) is 8.27. The van der Waals surface area contributed by atoms with E-state index in [1.54, 1.807) is 6.07 Å². The van der Waals surface area contributed by atoms with E-state index in [0.29, 0.717) is 12.0 Å². The number of halogens is 1. The minimum Gasteiger partial charge on any atom is -0.467 e. The van der Waals surface area contributed by atoms with Crippen LogP contribution in [0.2, 0.25) is 0 Å². The largest absolute Gasteiger partial charge is 0.467 e. The van der Waals surface area contributed by atoms with Crippen molar-refractivity contribution in [3.05, 3.63) is 35.6 Å². The van der Waals surface area contributed by atoms with Crippen molar-refractivity contribution >= 4 is 17.8 Å². The van der Waals surface area contributed by atoms with Gasteiger partial charge in [0, 0.05) is 13.3 Å². The number of amides is 2. The van der Waals surface area contributed by atoms with E-state index < -0.39 is 29.8 Å². The van der Waals surface area contributed by atoms with E-state index >= 15 is 0 Å². The van der Waals surface area contributed by atoms with Crippen molar-refractivity contribution in [3.8, 4) is 0 Å². The number of carbonyl (C=O) groups excluding carboxylic acids is 3. The van der Waals surface area contributed by atoms with Crippen LogP contribution in [-0.2, 0) is 25.5 Å². The summed E-state index contributed by atoms with van der Waals surface area (Å²) < 4.78 is 18.0. The smallest absolute Gasteiger partial charge is 0.328 e. The maximum Gasteiger partial charge on any atom is 0.328 e. The molecule has 138 valence electrons. The van der Waals surface area contributed by atoms with Gasteiger partial charge in [0.25, 0.3) is 0 Å². The first-order chi connectivity index (χ1) is 11.9. The number of benzene rings is 1. The van der Waals surface area contributed by atoms with Gasteiger partial charge < -0.3 is 15.4 Å². The van der Waals surface area contributed by atoms with Crippen molar-refractivity contribution in [3.63, 3.8) is 0 Å². The van der Waals surface area contributed by atoms with Gasteiger partial charge in [0.05, 0.1) is 7.11 Å². The van der Waals surface area contributed by atoms with Gasteiger partial charge in [-0.05, 0) is 24.1 Å². The molecule has 0 aliphatic rings. The first kappa shape index (κ1) is 20.6. The van der Waals surface area contributed by atoms with Crippen molar-refractivity contribution in [2.24, 2.45) is 0 Å². The van der Waals surface area contributed by atoms with Crippen molar-refractivity contribution in [2.75, 3.05) is 7.11 Å². The van der Waals surface area contributed by atoms with Gasteiger partial charge in [0.1, 0.15) is 17.9 Å². The molecule has 0 aliphatic heterocycles. The summed E-state index contributed by atoms with van der Waals surface area (Å²) in [6, 6.07) is 4.12. The number of hydrogen-bond acceptors (Lipinski definition) is 4. The van der Waals surface area contributed by atoms with Gasteiger partial charge in [-0.3, -0.25) is 9.59 Å². The Labute approximate surface area is 147 Å². The zero-order chi connectivity index (χ0) is 18.8. The molecule has 0 spiro atoms. The number of unbranched alkanes of at least 4 members (excludes halogenated alkanes) is 1. The lowest BCUT2D eigenvalue weighted by atomic mass is 10.0. The summed E-state index contributed by atoms with van der Waals surface area (Å²) in [5.74, 6) is -1.85. The molecule has 0 heterocycles. The van der Waals surface area contributed by atoms with E-state index in [1.165, 1.54) is 32.2 Å². The molecule has 2 amide bonds. The zero-order valence-corrected chi connectivity index (χ0v) is 14.8. The van der Waals surface area contributed by atoms with Crippen molar-refractivity contribution in [2.45, 2.75) is 51.6 Å². The lowest BCUT2D eigenvalue weighted by Gasteiger charge is -2.22. The Balaban J connectivity index is 2.86. The van der Waals surface area contributed by atoms with Crippen LogP contribution in [0.3, 0.4) is 0 Å². The Morgan fingerprint density at radius 1 is 1.20 bits per heavy atom. The quantitative estimate of drug-likeness (QED) is 0.663. The highest BCUT2D eigenvalue weighted by atomic mass is 19.1. The molecule has 7 heteroatoms. The lowest BCUT2D eigenvalue weighted by Crippen LogP contribution is -2.52. The van der Waals surface area contributed by atoms with Crippen LogP contribution in [0, 0.1) is 5.82 Å². The fourth-order valence-electron chi connectivity index (χ4n) is 2.43. The van der Waals surface area contributed by atoms with E-state index in [2.05, 4.69) is 10.6 Å². The first-order valence-electron chi connectivity index (χ1n) is 8.27. The number of nitrogens with one attached hydrogen (secondary N) is 2. The summed E-state index contributed by atoms with van der Waals surface area (Å²) in [7, 11) is 1.26. The highest BCUT2D eigenvalue weighted by molar-refractivity contribution is 5.90. The maximum absolute atomic E-state index is 13.3. The van der Waals surface area contributed by atoms with Crippen LogP contribution in [0.5, 0.6) is 0 Å². The highest BCUT2D eigenvalue weighted by Gasteiger charge is 2.26.